The smallest absolute Gasteiger partial charge is 0.234 e. The summed E-state index contributed by atoms with van der Waals surface area (Å²) in [5.74, 6) is 1.12. The van der Waals surface area contributed by atoms with E-state index in [4.69, 9.17) is 0 Å². The van der Waals surface area contributed by atoms with Crippen LogP contribution in [0.3, 0.4) is 0 Å². The Hall–Kier alpha value is -2.38. The van der Waals surface area contributed by atoms with Crippen molar-refractivity contribution in [2.24, 2.45) is 11.8 Å². The first-order valence-electron chi connectivity index (χ1n) is 11.1. The highest BCUT2D eigenvalue weighted by molar-refractivity contribution is 8.00. The van der Waals surface area contributed by atoms with Crippen LogP contribution in [-0.2, 0) is 22.7 Å². The number of nitrogens with zero attached hydrogens (tertiary/aromatic N) is 1. The molecule has 172 valence electrons. The Bertz CT molecular complexity index is 896. The second kappa shape index (κ2) is 12.0. The van der Waals surface area contributed by atoms with Crippen LogP contribution in [-0.4, -0.2) is 41.3 Å². The lowest BCUT2D eigenvalue weighted by Gasteiger charge is -2.35. The van der Waals surface area contributed by atoms with Crippen LogP contribution in [0.2, 0.25) is 0 Å². The Balaban J connectivity index is 1.41. The quantitative estimate of drug-likeness (QED) is 0.590. The predicted molar refractivity (Wildman–Crippen MR) is 129 cm³/mol. The summed E-state index contributed by atoms with van der Waals surface area (Å²) in [6, 6.07) is 13.9. The molecule has 0 saturated carbocycles. The zero-order valence-electron chi connectivity index (χ0n) is 18.8. The van der Waals surface area contributed by atoms with E-state index in [9.17, 15) is 14.0 Å². The van der Waals surface area contributed by atoms with E-state index in [1.165, 1.54) is 48.0 Å². The number of carbonyl (C=O) groups excluding carboxylic acids is 2. The molecule has 0 radical (unpaired) electrons. The normalized spacial score (nSPS) is 18.8. The van der Waals surface area contributed by atoms with Crippen LogP contribution in [0.4, 0.5) is 10.1 Å². The highest BCUT2D eigenvalue weighted by Gasteiger charge is 2.22. The van der Waals surface area contributed by atoms with Gasteiger partial charge in [0.1, 0.15) is 5.82 Å². The summed E-state index contributed by atoms with van der Waals surface area (Å²) in [6.45, 7) is 8.23. The van der Waals surface area contributed by atoms with Crippen LogP contribution in [0.25, 0.3) is 0 Å². The SMILES string of the molecule is CC1CC(C)CN(Cc2ccccc2CNC(=O)CSCC(=O)Nc2ccc(F)cc2)C1. The number of anilines is 1. The average molecular weight is 458 g/mol. The third-order valence-corrected chi connectivity index (χ3v) is 6.46. The first-order chi connectivity index (χ1) is 15.4. The molecule has 0 bridgehead atoms. The molecule has 2 aromatic rings. The van der Waals surface area contributed by atoms with Gasteiger partial charge in [0, 0.05) is 31.9 Å². The number of nitrogens with one attached hydrogen (secondary N) is 2. The molecule has 2 amide bonds. The third kappa shape index (κ3) is 7.95. The lowest BCUT2D eigenvalue weighted by Crippen LogP contribution is -2.38. The minimum atomic E-state index is -0.351. The summed E-state index contributed by atoms with van der Waals surface area (Å²) >= 11 is 1.25. The number of hydrogen-bond donors (Lipinski definition) is 2. The van der Waals surface area contributed by atoms with Gasteiger partial charge in [-0.1, -0.05) is 38.1 Å². The summed E-state index contributed by atoms with van der Waals surface area (Å²) in [5.41, 5.74) is 2.92. The minimum Gasteiger partial charge on any atom is -0.351 e. The lowest BCUT2D eigenvalue weighted by atomic mass is 9.91. The maximum Gasteiger partial charge on any atom is 0.234 e. The molecule has 0 aliphatic carbocycles. The molecule has 2 aromatic carbocycles. The molecule has 1 fully saturated rings. The van der Waals surface area contributed by atoms with Crippen LogP contribution in [0.5, 0.6) is 0 Å². The van der Waals surface area contributed by atoms with E-state index >= 15 is 0 Å². The first kappa shape index (κ1) is 24.3. The highest BCUT2D eigenvalue weighted by atomic mass is 32.2. The second-order valence-electron chi connectivity index (χ2n) is 8.73. The number of likely N-dealkylation sites (tertiary alicyclic amines) is 1. The predicted octanol–water partition coefficient (Wildman–Crippen LogP) is 4.29. The Kier molecular flexibility index (Phi) is 9.11. The second-order valence-corrected chi connectivity index (χ2v) is 9.72. The summed E-state index contributed by atoms with van der Waals surface area (Å²) in [7, 11) is 0. The number of amides is 2. The Morgan fingerprint density at radius 1 is 0.969 bits per heavy atom. The molecule has 1 aliphatic heterocycles. The Morgan fingerprint density at radius 3 is 2.28 bits per heavy atom. The number of carbonyl (C=O) groups is 2. The largest absolute Gasteiger partial charge is 0.351 e. The van der Waals surface area contributed by atoms with Gasteiger partial charge in [0.25, 0.3) is 0 Å². The molecule has 1 aliphatic rings. The van der Waals surface area contributed by atoms with Crippen molar-refractivity contribution in [3.8, 4) is 0 Å². The Morgan fingerprint density at radius 2 is 1.59 bits per heavy atom. The maximum absolute atomic E-state index is 12.9. The van der Waals surface area contributed by atoms with Crippen molar-refractivity contribution in [1.82, 2.24) is 10.2 Å². The average Bonchev–Trinajstić information content (AvgIpc) is 2.74. The third-order valence-electron chi connectivity index (χ3n) is 5.53. The summed E-state index contributed by atoms with van der Waals surface area (Å²) in [5, 5.41) is 5.66. The van der Waals surface area contributed by atoms with Gasteiger partial charge in [-0.15, -0.1) is 11.8 Å². The van der Waals surface area contributed by atoms with Gasteiger partial charge >= 0.3 is 0 Å². The van der Waals surface area contributed by atoms with E-state index in [-0.39, 0.29) is 29.1 Å². The molecular weight excluding hydrogens is 425 g/mol. The fourth-order valence-corrected chi connectivity index (χ4v) is 4.90. The van der Waals surface area contributed by atoms with Crippen LogP contribution in [0.15, 0.2) is 48.5 Å². The van der Waals surface area contributed by atoms with Crippen LogP contribution in [0, 0.1) is 17.7 Å². The Labute approximate surface area is 194 Å². The van der Waals surface area contributed by atoms with Gasteiger partial charge in [-0.3, -0.25) is 14.5 Å². The van der Waals surface area contributed by atoms with Crippen molar-refractivity contribution in [2.45, 2.75) is 33.4 Å². The number of thioether (sulfide) groups is 1. The van der Waals surface area contributed by atoms with E-state index in [2.05, 4.69) is 41.5 Å². The van der Waals surface area contributed by atoms with E-state index in [1.807, 2.05) is 12.1 Å². The monoisotopic (exact) mass is 457 g/mol. The molecular formula is C25H32FN3O2S. The molecule has 7 heteroatoms. The number of hydrogen-bond acceptors (Lipinski definition) is 4. The van der Waals surface area contributed by atoms with E-state index in [1.54, 1.807) is 0 Å². The van der Waals surface area contributed by atoms with Crippen LogP contribution >= 0.6 is 11.8 Å². The number of halogens is 1. The molecule has 0 spiro atoms. The van der Waals surface area contributed by atoms with Crippen LogP contribution < -0.4 is 10.6 Å². The van der Waals surface area contributed by atoms with Crippen molar-refractivity contribution in [3.63, 3.8) is 0 Å². The van der Waals surface area contributed by atoms with Crippen molar-refractivity contribution < 1.29 is 14.0 Å². The van der Waals surface area contributed by atoms with E-state index in [0.717, 1.165) is 25.2 Å². The van der Waals surface area contributed by atoms with Gasteiger partial charge in [-0.05, 0) is 53.6 Å². The zero-order chi connectivity index (χ0) is 22.9. The number of piperidine rings is 1. The zero-order valence-corrected chi connectivity index (χ0v) is 19.6. The number of benzene rings is 2. The lowest BCUT2D eigenvalue weighted by molar-refractivity contribution is -0.118. The fraction of sp³-hybridized carbons (Fsp3) is 0.440. The summed E-state index contributed by atoms with van der Waals surface area (Å²) < 4.78 is 12.9. The van der Waals surface area contributed by atoms with Crippen molar-refractivity contribution in [3.05, 3.63) is 65.5 Å². The van der Waals surface area contributed by atoms with Gasteiger partial charge in [-0.2, -0.15) is 0 Å². The summed E-state index contributed by atoms with van der Waals surface area (Å²) in [6.07, 6.45) is 1.29. The topological polar surface area (TPSA) is 61.4 Å². The number of rotatable bonds is 9. The van der Waals surface area contributed by atoms with Gasteiger partial charge < -0.3 is 10.6 Å². The van der Waals surface area contributed by atoms with Gasteiger partial charge in [0.15, 0.2) is 0 Å². The fourth-order valence-electron chi connectivity index (χ4n) is 4.26. The van der Waals surface area contributed by atoms with Gasteiger partial charge in [-0.25, -0.2) is 4.39 Å². The van der Waals surface area contributed by atoms with E-state index in [0.29, 0.717) is 24.1 Å². The van der Waals surface area contributed by atoms with E-state index < -0.39 is 0 Å². The standard InChI is InChI=1S/C25H32FN3O2S/c1-18-11-19(2)14-29(13-18)15-21-6-4-3-5-20(21)12-27-24(30)16-32-17-25(31)28-23-9-7-22(26)8-10-23/h3-10,18-19H,11-17H2,1-2H3,(H,27,30)(H,28,31). The first-order valence-corrected chi connectivity index (χ1v) is 12.2. The maximum atomic E-state index is 12.9. The molecule has 1 heterocycles. The molecule has 2 atom stereocenters. The summed E-state index contributed by atoms with van der Waals surface area (Å²) in [4.78, 5) is 26.8. The van der Waals surface area contributed by atoms with Gasteiger partial charge in [0.05, 0.1) is 11.5 Å². The molecule has 0 aromatic heterocycles. The molecule has 5 nitrogen and oxygen atoms in total. The van der Waals surface area contributed by atoms with Crippen LogP contribution in [0.1, 0.15) is 31.4 Å². The molecule has 32 heavy (non-hydrogen) atoms. The molecule has 1 saturated heterocycles. The van der Waals surface area contributed by atoms with Crippen molar-refractivity contribution in [1.29, 1.82) is 0 Å². The highest BCUT2D eigenvalue weighted by Crippen LogP contribution is 2.23. The minimum absolute atomic E-state index is 0.0976. The molecule has 2 N–H and O–H groups in total. The van der Waals surface area contributed by atoms with Crippen molar-refractivity contribution in [2.75, 3.05) is 29.9 Å². The van der Waals surface area contributed by atoms with Crippen molar-refractivity contribution >= 4 is 29.3 Å². The molecule has 3 rings (SSSR count). The van der Waals surface area contributed by atoms with Gasteiger partial charge in [0.2, 0.25) is 11.8 Å². The molecule has 2 unspecified atom stereocenters.